The number of hydrogen-bond donors (Lipinski definition) is 3. The van der Waals surface area contributed by atoms with E-state index in [2.05, 4.69) is 42.6 Å². The molecule has 29 heavy (non-hydrogen) atoms. The van der Waals surface area contributed by atoms with Crippen LogP contribution in [0.25, 0.3) is 50.4 Å². The maximum absolute atomic E-state index is 5.24. The molecule has 3 N–H and O–H groups in total. The zero-order valence-electron chi connectivity index (χ0n) is 15.4. The van der Waals surface area contributed by atoms with Gasteiger partial charge in [-0.15, -0.1) is 0 Å². The van der Waals surface area contributed by atoms with E-state index >= 15 is 0 Å². The van der Waals surface area contributed by atoms with Crippen LogP contribution in [0.2, 0.25) is 0 Å². The Morgan fingerprint density at radius 3 is 2.93 bits per heavy atom. The summed E-state index contributed by atoms with van der Waals surface area (Å²) in [4.78, 5) is 17.1. The minimum absolute atomic E-state index is 0.645. The number of furan rings is 1. The molecular formula is C21H17N7O. The number of aromatic nitrogens is 6. The van der Waals surface area contributed by atoms with E-state index < -0.39 is 0 Å². The van der Waals surface area contributed by atoms with Crippen LogP contribution in [0.5, 0.6) is 0 Å². The molecule has 0 aliphatic carbocycles. The molecule has 6 rings (SSSR count). The van der Waals surface area contributed by atoms with Crippen molar-refractivity contribution in [2.24, 2.45) is 0 Å². The van der Waals surface area contributed by atoms with Gasteiger partial charge < -0.3 is 14.7 Å². The second kappa shape index (κ2) is 6.39. The highest BCUT2D eigenvalue weighted by Crippen LogP contribution is 2.31. The highest BCUT2D eigenvalue weighted by Gasteiger charge is 2.17. The summed E-state index contributed by atoms with van der Waals surface area (Å²) < 4.78 is 5.24. The highest BCUT2D eigenvalue weighted by atomic mass is 16.3. The predicted molar refractivity (Wildman–Crippen MR) is 110 cm³/mol. The number of H-pyrrole nitrogens is 2. The lowest BCUT2D eigenvalue weighted by Crippen LogP contribution is -2.20. The van der Waals surface area contributed by atoms with Crippen molar-refractivity contribution < 1.29 is 4.42 Å². The average Bonchev–Trinajstić information content (AvgIpc) is 3.52. The van der Waals surface area contributed by atoms with Crippen LogP contribution in [0.1, 0.15) is 12.0 Å². The number of pyridine rings is 2. The third-order valence-corrected chi connectivity index (χ3v) is 5.31. The van der Waals surface area contributed by atoms with Crippen molar-refractivity contribution in [2.75, 3.05) is 13.1 Å². The molecule has 0 amide bonds. The van der Waals surface area contributed by atoms with E-state index in [1.54, 1.807) is 18.7 Å². The Hall–Kier alpha value is -3.78. The molecule has 8 heteroatoms. The van der Waals surface area contributed by atoms with Crippen LogP contribution in [0.4, 0.5) is 0 Å². The van der Waals surface area contributed by atoms with Crippen molar-refractivity contribution in [1.29, 1.82) is 0 Å². The van der Waals surface area contributed by atoms with E-state index in [-0.39, 0.29) is 0 Å². The standard InChI is InChI=1S/C21H17N7O/c1-5-22-6-2-12(1)14-9-16-18(27-28-19(16)24-10-14)21-25-17-15(13-4-8-29-11-13)3-7-23-20(17)26-21/h1,3-4,7-11,22H,2,5-6H2,(H,23,25,26)(H,24,27,28). The van der Waals surface area contributed by atoms with Gasteiger partial charge in [0.1, 0.15) is 5.69 Å². The van der Waals surface area contributed by atoms with Gasteiger partial charge in [0.15, 0.2) is 17.1 Å². The van der Waals surface area contributed by atoms with Gasteiger partial charge in [-0.2, -0.15) is 5.10 Å². The Morgan fingerprint density at radius 2 is 2.07 bits per heavy atom. The minimum atomic E-state index is 0.645. The molecule has 0 spiro atoms. The van der Waals surface area contributed by atoms with E-state index in [1.165, 1.54) is 5.57 Å². The summed E-state index contributed by atoms with van der Waals surface area (Å²) in [6.07, 6.45) is 10.2. The predicted octanol–water partition coefficient (Wildman–Crippen LogP) is 3.53. The molecule has 0 radical (unpaired) electrons. The van der Waals surface area contributed by atoms with Gasteiger partial charge in [-0.25, -0.2) is 15.0 Å². The van der Waals surface area contributed by atoms with Crippen LogP contribution >= 0.6 is 0 Å². The molecule has 6 heterocycles. The molecule has 5 aromatic rings. The first-order chi connectivity index (χ1) is 14.4. The lowest BCUT2D eigenvalue weighted by Gasteiger charge is -2.13. The molecule has 0 aromatic carbocycles. The number of hydrogen-bond acceptors (Lipinski definition) is 6. The summed E-state index contributed by atoms with van der Waals surface area (Å²) in [5.41, 5.74) is 7.37. The fourth-order valence-corrected chi connectivity index (χ4v) is 3.83. The first-order valence-electron chi connectivity index (χ1n) is 9.49. The van der Waals surface area contributed by atoms with Crippen molar-refractivity contribution in [1.82, 2.24) is 35.5 Å². The van der Waals surface area contributed by atoms with Gasteiger partial charge >= 0.3 is 0 Å². The molecule has 5 aromatic heterocycles. The second-order valence-electron chi connectivity index (χ2n) is 7.03. The minimum Gasteiger partial charge on any atom is -0.472 e. The van der Waals surface area contributed by atoms with Crippen LogP contribution in [0.15, 0.2) is 53.6 Å². The molecule has 0 unspecified atom stereocenters. The van der Waals surface area contributed by atoms with Crippen molar-refractivity contribution >= 4 is 27.8 Å². The molecule has 142 valence electrons. The number of nitrogens with one attached hydrogen (secondary N) is 3. The summed E-state index contributed by atoms with van der Waals surface area (Å²) in [6.45, 7) is 1.87. The maximum Gasteiger partial charge on any atom is 0.181 e. The Morgan fingerprint density at radius 1 is 1.07 bits per heavy atom. The summed E-state index contributed by atoms with van der Waals surface area (Å²) in [7, 11) is 0. The van der Waals surface area contributed by atoms with Gasteiger partial charge in [-0.05, 0) is 42.3 Å². The normalized spacial score (nSPS) is 14.6. The number of imidazole rings is 1. The number of aromatic amines is 2. The number of nitrogens with zero attached hydrogens (tertiary/aromatic N) is 4. The topological polar surface area (TPSA) is 108 Å². The molecule has 0 saturated carbocycles. The molecule has 0 fully saturated rings. The van der Waals surface area contributed by atoms with Crippen LogP contribution < -0.4 is 5.32 Å². The third kappa shape index (κ3) is 2.65. The van der Waals surface area contributed by atoms with E-state index in [0.717, 1.165) is 52.8 Å². The molecule has 1 aliphatic rings. The van der Waals surface area contributed by atoms with E-state index in [4.69, 9.17) is 9.40 Å². The average molecular weight is 383 g/mol. The first kappa shape index (κ1) is 16.2. The van der Waals surface area contributed by atoms with Gasteiger partial charge in [-0.3, -0.25) is 5.10 Å². The van der Waals surface area contributed by atoms with Crippen LogP contribution in [0, 0.1) is 0 Å². The molecule has 0 saturated heterocycles. The zero-order chi connectivity index (χ0) is 19.2. The lowest BCUT2D eigenvalue weighted by atomic mass is 10.0. The maximum atomic E-state index is 5.24. The van der Waals surface area contributed by atoms with Crippen molar-refractivity contribution in [3.05, 3.63) is 54.8 Å². The molecule has 0 bridgehead atoms. The quantitative estimate of drug-likeness (QED) is 0.440. The Balaban J connectivity index is 1.50. The van der Waals surface area contributed by atoms with Crippen LogP contribution in [0.3, 0.4) is 0 Å². The summed E-state index contributed by atoms with van der Waals surface area (Å²) in [6, 6.07) is 6.00. The Labute approximate surface area is 165 Å². The Bertz CT molecular complexity index is 1360. The number of rotatable bonds is 3. The summed E-state index contributed by atoms with van der Waals surface area (Å²) >= 11 is 0. The van der Waals surface area contributed by atoms with Crippen LogP contribution in [-0.4, -0.2) is 43.2 Å². The molecule has 8 nitrogen and oxygen atoms in total. The lowest BCUT2D eigenvalue weighted by molar-refractivity contribution is 0.568. The smallest absolute Gasteiger partial charge is 0.181 e. The Kier molecular flexibility index (Phi) is 3.57. The van der Waals surface area contributed by atoms with Gasteiger partial charge in [-0.1, -0.05) is 6.08 Å². The van der Waals surface area contributed by atoms with Gasteiger partial charge in [0, 0.05) is 30.1 Å². The summed E-state index contributed by atoms with van der Waals surface area (Å²) in [5, 5.41) is 11.7. The SMILES string of the molecule is C1=C(c2cnc3n[nH]c(-c4nc5nccc(-c6ccoc6)c5[nH]4)c3c2)CCNC1. The fourth-order valence-electron chi connectivity index (χ4n) is 3.83. The fraction of sp³-hybridized carbons (Fsp3) is 0.143. The van der Waals surface area contributed by atoms with Crippen LogP contribution in [-0.2, 0) is 0 Å². The zero-order valence-corrected chi connectivity index (χ0v) is 15.4. The number of fused-ring (bicyclic) bond motifs is 2. The second-order valence-corrected chi connectivity index (χ2v) is 7.03. The first-order valence-corrected chi connectivity index (χ1v) is 9.49. The van der Waals surface area contributed by atoms with Crippen molar-refractivity contribution in [3.8, 4) is 22.6 Å². The van der Waals surface area contributed by atoms with E-state index in [9.17, 15) is 0 Å². The third-order valence-electron chi connectivity index (χ3n) is 5.31. The monoisotopic (exact) mass is 383 g/mol. The van der Waals surface area contributed by atoms with E-state index in [1.807, 2.05) is 18.3 Å². The molecule has 0 atom stereocenters. The van der Waals surface area contributed by atoms with E-state index in [0.29, 0.717) is 17.1 Å². The van der Waals surface area contributed by atoms with Crippen molar-refractivity contribution in [2.45, 2.75) is 6.42 Å². The highest BCUT2D eigenvalue weighted by molar-refractivity contribution is 5.95. The molecule has 1 aliphatic heterocycles. The largest absolute Gasteiger partial charge is 0.472 e. The molecular weight excluding hydrogens is 366 g/mol. The van der Waals surface area contributed by atoms with Gasteiger partial charge in [0.25, 0.3) is 0 Å². The van der Waals surface area contributed by atoms with Gasteiger partial charge in [0.2, 0.25) is 0 Å². The van der Waals surface area contributed by atoms with Gasteiger partial charge in [0.05, 0.1) is 23.4 Å². The summed E-state index contributed by atoms with van der Waals surface area (Å²) in [5.74, 6) is 0.684. The van der Waals surface area contributed by atoms with Crippen molar-refractivity contribution in [3.63, 3.8) is 0 Å².